The van der Waals surface area contributed by atoms with Crippen LogP contribution in [-0.2, 0) is 92.7 Å². The molecule has 3 unspecified atom stereocenters. The van der Waals surface area contributed by atoms with E-state index in [4.69, 9.17) is 47.4 Å². The summed E-state index contributed by atoms with van der Waals surface area (Å²) >= 11 is 0. The molecule has 92 heavy (non-hydrogen) atoms. The summed E-state index contributed by atoms with van der Waals surface area (Å²) < 4.78 is 58.7. The zero-order chi connectivity index (χ0) is 68.0. The first-order chi connectivity index (χ1) is 44.1. The SMILES string of the molecule is CCCCCCCCCCCCCCCC(=O)OCC(COC(C)=O)OC(=O)C(C)CCCCCCCCC(C)C(=O)OCOc1c(C/C=C(\C)CCC(=O)OC)c(OC)c(C)c2c1C(=O)OC2.COC(=O)CC/C(C)=C/Cc1c(O)c2c(c(C)c1OC)COC2=O. The molecular formula is C72H108O20. The number of esters is 8. The first-order valence-corrected chi connectivity index (χ1v) is 33.4. The van der Waals surface area contributed by atoms with Gasteiger partial charge in [0.15, 0.2) is 6.10 Å². The van der Waals surface area contributed by atoms with Crippen molar-refractivity contribution in [1.29, 1.82) is 0 Å². The Morgan fingerprint density at radius 3 is 1.43 bits per heavy atom. The largest absolute Gasteiger partial charge is 0.507 e. The van der Waals surface area contributed by atoms with E-state index in [1.165, 1.54) is 92.5 Å². The van der Waals surface area contributed by atoms with Gasteiger partial charge >= 0.3 is 47.8 Å². The fraction of sp³-hybridized carbons (Fsp3) is 0.667. The van der Waals surface area contributed by atoms with Crippen LogP contribution < -0.4 is 14.2 Å². The van der Waals surface area contributed by atoms with Crippen molar-refractivity contribution >= 4 is 47.8 Å². The molecule has 0 saturated carbocycles. The highest BCUT2D eigenvalue weighted by atomic mass is 16.7. The number of unbranched alkanes of at least 4 members (excludes halogenated alkanes) is 17. The summed E-state index contributed by atoms with van der Waals surface area (Å²) in [5, 5.41) is 10.5. The molecule has 0 amide bonds. The number of carbonyl (C=O) groups is 8. The van der Waals surface area contributed by atoms with E-state index in [-0.39, 0.29) is 86.4 Å². The molecule has 0 aromatic heterocycles. The number of benzene rings is 2. The Hall–Kier alpha value is -7.12. The summed E-state index contributed by atoms with van der Waals surface area (Å²) in [6.45, 7) is 14.2. The van der Waals surface area contributed by atoms with Gasteiger partial charge in [0.1, 0.15) is 60.6 Å². The smallest absolute Gasteiger partial charge is 0.342 e. The molecule has 1 N–H and O–H groups in total. The number of hydrogen-bond donors (Lipinski definition) is 1. The van der Waals surface area contributed by atoms with Crippen LogP contribution in [0.1, 0.15) is 263 Å². The van der Waals surface area contributed by atoms with E-state index < -0.39 is 36.0 Å². The summed E-state index contributed by atoms with van der Waals surface area (Å²) in [5.41, 5.74) is 6.53. The summed E-state index contributed by atoms with van der Waals surface area (Å²) in [6, 6.07) is 0. The molecule has 0 radical (unpaired) electrons. The lowest BCUT2D eigenvalue weighted by Crippen LogP contribution is -2.32. The van der Waals surface area contributed by atoms with E-state index in [9.17, 15) is 43.5 Å². The second kappa shape index (κ2) is 44.4. The normalized spacial score (nSPS) is 13.5. The molecule has 2 aromatic carbocycles. The Morgan fingerprint density at radius 2 is 0.946 bits per heavy atom. The van der Waals surface area contributed by atoms with Gasteiger partial charge in [-0.3, -0.25) is 28.8 Å². The highest BCUT2D eigenvalue weighted by Crippen LogP contribution is 2.44. The van der Waals surface area contributed by atoms with Gasteiger partial charge in [-0.25, -0.2) is 9.59 Å². The number of fused-ring (bicyclic) bond motifs is 2. The van der Waals surface area contributed by atoms with Crippen LogP contribution in [0, 0.1) is 25.7 Å². The van der Waals surface area contributed by atoms with E-state index in [1.807, 2.05) is 53.7 Å². The standard InChI is InChI=1S/C54H86O14.C18H22O6/c1-9-10-11-12-13-14-15-16-17-18-19-24-27-30-48(57)64-36-44(35-63-43(6)55)68-53(59)41(4)29-26-23-21-20-22-25-28-40(3)52(58)67-38-66-51-45(33-31-39(2)32-34-47(56)61-7)50(62-8)42(5)46-37-65-54(60)49(46)51;1-10(6-8-14(19)22-3)5-7-12-16(20)15-13(9-24-18(15)21)11(2)17(12)23-4/h31,40-41,44H,9-30,32-38H2,1-8H3;5,20H,6-9H2,1-4H3/b39-31+;10-5+. The maximum Gasteiger partial charge on any atom is 0.342 e. The number of phenols is 1. The number of phenolic OH excluding ortho intramolecular Hbond substituents is 1. The Kier molecular flexibility index (Phi) is 38.2. The minimum Gasteiger partial charge on any atom is -0.507 e. The first-order valence-electron chi connectivity index (χ1n) is 33.4. The average molecular weight is 1290 g/mol. The molecule has 0 fully saturated rings. The van der Waals surface area contributed by atoms with Gasteiger partial charge in [0.05, 0.1) is 40.3 Å². The topological polar surface area (TPSA) is 258 Å². The second-order valence-corrected chi connectivity index (χ2v) is 24.2. The van der Waals surface area contributed by atoms with Gasteiger partial charge in [-0.1, -0.05) is 160 Å². The summed E-state index contributed by atoms with van der Waals surface area (Å²) in [5.74, 6) is -2.71. The fourth-order valence-corrected chi connectivity index (χ4v) is 11.0. The molecule has 20 nitrogen and oxygen atoms in total. The number of methoxy groups -OCH3 is 4. The van der Waals surface area contributed by atoms with Gasteiger partial charge in [-0.05, 0) is 83.8 Å². The maximum absolute atomic E-state index is 13.0. The Bertz CT molecular complexity index is 2760. The quantitative estimate of drug-likeness (QED) is 0.0212. The zero-order valence-electron chi connectivity index (χ0n) is 57.4. The summed E-state index contributed by atoms with van der Waals surface area (Å²) in [7, 11) is 5.79. The van der Waals surface area contributed by atoms with Crippen molar-refractivity contribution in [3.63, 3.8) is 0 Å². The van der Waals surface area contributed by atoms with Crippen molar-refractivity contribution in [1.82, 2.24) is 0 Å². The predicted octanol–water partition coefficient (Wildman–Crippen LogP) is 14.7. The van der Waals surface area contributed by atoms with E-state index >= 15 is 0 Å². The third-order valence-corrected chi connectivity index (χ3v) is 16.9. The molecule has 20 heteroatoms. The third-order valence-electron chi connectivity index (χ3n) is 16.9. The van der Waals surface area contributed by atoms with Crippen LogP contribution >= 0.6 is 0 Å². The Morgan fingerprint density at radius 1 is 0.511 bits per heavy atom. The number of rotatable bonds is 45. The van der Waals surface area contributed by atoms with Gasteiger partial charge in [0.2, 0.25) is 6.79 Å². The molecule has 0 bridgehead atoms. The minimum absolute atomic E-state index is 0.0902. The molecule has 516 valence electrons. The van der Waals surface area contributed by atoms with E-state index in [0.29, 0.717) is 90.7 Å². The molecular weight excluding hydrogens is 1180 g/mol. The summed E-state index contributed by atoms with van der Waals surface area (Å²) in [4.78, 5) is 97.4. The maximum atomic E-state index is 13.0. The molecule has 2 heterocycles. The van der Waals surface area contributed by atoms with Crippen molar-refractivity contribution in [3.8, 4) is 23.0 Å². The van der Waals surface area contributed by atoms with Gasteiger partial charge in [-0.2, -0.15) is 0 Å². The average Bonchev–Trinajstić information content (AvgIpc) is 1.54. The summed E-state index contributed by atoms with van der Waals surface area (Å²) in [6.07, 6.45) is 28.3. The van der Waals surface area contributed by atoms with Crippen LogP contribution in [0.3, 0.4) is 0 Å². The lowest BCUT2D eigenvalue weighted by Gasteiger charge is -2.20. The fourth-order valence-electron chi connectivity index (χ4n) is 11.0. The Labute approximate surface area is 546 Å². The lowest BCUT2D eigenvalue weighted by atomic mass is 9.94. The number of aromatic hydroxyl groups is 1. The van der Waals surface area contributed by atoms with Crippen LogP contribution in [0.15, 0.2) is 23.3 Å². The molecule has 0 aliphatic carbocycles. The molecule has 2 aliphatic rings. The molecule has 2 aromatic rings. The Balaban J connectivity index is 0.000000762. The highest BCUT2D eigenvalue weighted by molar-refractivity contribution is 5.99. The van der Waals surface area contributed by atoms with Crippen molar-refractivity contribution in [2.75, 3.05) is 48.4 Å². The zero-order valence-corrected chi connectivity index (χ0v) is 57.4. The van der Waals surface area contributed by atoms with Crippen molar-refractivity contribution in [2.45, 2.75) is 254 Å². The van der Waals surface area contributed by atoms with Gasteiger partial charge in [0, 0.05) is 48.4 Å². The van der Waals surface area contributed by atoms with Crippen molar-refractivity contribution < 1.29 is 95.6 Å². The van der Waals surface area contributed by atoms with E-state index in [2.05, 4.69) is 11.7 Å². The minimum atomic E-state index is -0.863. The lowest BCUT2D eigenvalue weighted by molar-refractivity contribution is -0.169. The number of carbonyl (C=O) groups excluding carboxylic acids is 8. The first kappa shape index (κ1) is 79.1. The van der Waals surface area contributed by atoms with E-state index in [0.717, 1.165) is 80.1 Å². The van der Waals surface area contributed by atoms with Crippen LogP contribution in [0.4, 0.5) is 0 Å². The van der Waals surface area contributed by atoms with Crippen molar-refractivity contribution in [2.24, 2.45) is 11.8 Å². The number of allylic oxidation sites excluding steroid dienone is 4. The highest BCUT2D eigenvalue weighted by Gasteiger charge is 2.35. The third kappa shape index (κ3) is 28.0. The van der Waals surface area contributed by atoms with E-state index in [1.54, 1.807) is 7.11 Å². The predicted molar refractivity (Wildman–Crippen MR) is 347 cm³/mol. The van der Waals surface area contributed by atoms with Crippen LogP contribution in [-0.4, -0.2) is 107 Å². The molecule has 3 atom stereocenters. The van der Waals surface area contributed by atoms with Crippen LogP contribution in [0.5, 0.6) is 23.0 Å². The van der Waals surface area contributed by atoms with Gasteiger partial charge < -0.3 is 57.2 Å². The molecule has 2 aliphatic heterocycles. The van der Waals surface area contributed by atoms with Gasteiger partial charge in [-0.15, -0.1) is 0 Å². The van der Waals surface area contributed by atoms with Crippen LogP contribution in [0.2, 0.25) is 0 Å². The van der Waals surface area contributed by atoms with Gasteiger partial charge in [0.25, 0.3) is 0 Å². The monoisotopic (exact) mass is 1290 g/mol. The van der Waals surface area contributed by atoms with Crippen molar-refractivity contribution in [3.05, 3.63) is 67.8 Å². The molecule has 0 spiro atoms. The van der Waals surface area contributed by atoms with Crippen LogP contribution in [0.25, 0.3) is 0 Å². The molecule has 0 saturated heterocycles. The number of cyclic esters (lactones) is 2. The second-order valence-electron chi connectivity index (χ2n) is 24.2. The number of ether oxygens (including phenoxy) is 11. The number of hydrogen-bond acceptors (Lipinski definition) is 20. The molecule has 4 rings (SSSR count).